The van der Waals surface area contributed by atoms with Crippen LogP contribution < -0.4 is 5.76 Å². The molecule has 5 rings (SSSR count). The van der Waals surface area contributed by atoms with Gasteiger partial charge in [0, 0.05) is 41.8 Å². The van der Waals surface area contributed by atoms with Gasteiger partial charge in [-0.05, 0) is 60.2 Å². The summed E-state index contributed by atoms with van der Waals surface area (Å²) in [4.78, 5) is 43.1. The van der Waals surface area contributed by atoms with Crippen LogP contribution in [0, 0.1) is 11.8 Å². The van der Waals surface area contributed by atoms with Crippen molar-refractivity contribution in [2.24, 2.45) is 11.8 Å². The van der Waals surface area contributed by atoms with Crippen LogP contribution in [0.3, 0.4) is 0 Å². The van der Waals surface area contributed by atoms with Crippen LogP contribution in [0.5, 0.6) is 0 Å². The van der Waals surface area contributed by atoms with Gasteiger partial charge in [0.1, 0.15) is 6.61 Å². The molecule has 0 radical (unpaired) electrons. The topological polar surface area (TPSA) is 95.9 Å². The first-order chi connectivity index (χ1) is 15.9. The predicted octanol–water partition coefficient (Wildman–Crippen LogP) is 4.16. The molecule has 3 heterocycles. The number of ether oxygens (including phenoxy) is 1. The zero-order chi connectivity index (χ0) is 23.1. The van der Waals surface area contributed by atoms with Gasteiger partial charge in [0.15, 0.2) is 5.58 Å². The molecule has 1 N–H and O–H groups in total. The highest BCUT2D eigenvalue weighted by Crippen LogP contribution is 2.32. The summed E-state index contributed by atoms with van der Waals surface area (Å²) in [5, 5.41) is 0.978. The van der Waals surface area contributed by atoms with Crippen molar-refractivity contribution in [1.82, 2.24) is 14.8 Å². The maximum absolute atomic E-state index is 13.0. The van der Waals surface area contributed by atoms with Gasteiger partial charge in [-0.2, -0.15) is 0 Å². The first-order valence-electron chi connectivity index (χ1n) is 10.6. The Labute approximate surface area is 199 Å². The van der Waals surface area contributed by atoms with Crippen LogP contribution in [0.4, 0.5) is 4.79 Å². The van der Waals surface area contributed by atoms with Crippen molar-refractivity contribution in [3.63, 3.8) is 0 Å². The smallest absolute Gasteiger partial charge is 0.417 e. The number of H-pyrrole nitrogens is 1. The molecule has 2 saturated heterocycles. The number of likely N-dealkylation sites (tertiary alicyclic amines) is 2. The molecule has 172 valence electrons. The third kappa shape index (κ3) is 4.58. The van der Waals surface area contributed by atoms with Gasteiger partial charge in [-0.25, -0.2) is 9.59 Å². The van der Waals surface area contributed by atoms with E-state index < -0.39 is 5.76 Å². The number of hydrogen-bond acceptors (Lipinski definition) is 5. The number of carbonyl (C=O) groups is 2. The summed E-state index contributed by atoms with van der Waals surface area (Å²) in [6.45, 7) is 2.41. The highest BCUT2D eigenvalue weighted by atomic mass is 35.5. The van der Waals surface area contributed by atoms with E-state index in [1.165, 1.54) is 0 Å². The number of oxazole rings is 1. The Kier molecular flexibility index (Phi) is 5.80. The molecule has 0 aliphatic carbocycles. The van der Waals surface area contributed by atoms with Gasteiger partial charge in [0.2, 0.25) is 0 Å². The van der Waals surface area contributed by atoms with Crippen LogP contribution in [0.15, 0.2) is 45.6 Å². The molecule has 2 atom stereocenters. The largest absolute Gasteiger partial charge is 0.445 e. The Morgan fingerprint density at radius 2 is 1.76 bits per heavy atom. The second-order valence-electron chi connectivity index (χ2n) is 8.52. The van der Waals surface area contributed by atoms with Crippen molar-refractivity contribution in [2.75, 3.05) is 26.2 Å². The maximum Gasteiger partial charge on any atom is 0.417 e. The van der Waals surface area contributed by atoms with Gasteiger partial charge in [0.25, 0.3) is 5.91 Å². The lowest BCUT2D eigenvalue weighted by molar-refractivity contribution is 0.0729. The normalized spacial score (nSPS) is 20.2. The molecule has 2 amide bonds. The number of fused-ring (bicyclic) bond motifs is 2. The van der Waals surface area contributed by atoms with Gasteiger partial charge < -0.3 is 19.0 Å². The lowest BCUT2D eigenvalue weighted by Gasteiger charge is -2.33. The molecule has 0 spiro atoms. The SMILES string of the molecule is O=C(OCc1cc(Cl)cc(Cl)c1)N1CC[C@H]2CN(C(=O)c3ccc4[nH]c(=O)oc4c3)C[C@@H]2C1. The van der Waals surface area contributed by atoms with E-state index in [0.717, 1.165) is 12.0 Å². The molecule has 33 heavy (non-hydrogen) atoms. The molecule has 8 nitrogen and oxygen atoms in total. The molecule has 2 fully saturated rings. The highest BCUT2D eigenvalue weighted by Gasteiger charge is 2.40. The number of nitrogens with one attached hydrogen (secondary N) is 1. The second kappa shape index (κ2) is 8.76. The van der Waals surface area contributed by atoms with Gasteiger partial charge in [-0.3, -0.25) is 9.78 Å². The highest BCUT2D eigenvalue weighted by molar-refractivity contribution is 6.34. The Balaban J connectivity index is 1.19. The minimum Gasteiger partial charge on any atom is -0.445 e. The molecule has 2 aliphatic heterocycles. The van der Waals surface area contributed by atoms with Crippen molar-refractivity contribution in [2.45, 2.75) is 13.0 Å². The Bertz CT molecular complexity index is 1270. The Morgan fingerprint density at radius 3 is 2.55 bits per heavy atom. The summed E-state index contributed by atoms with van der Waals surface area (Å²) in [7, 11) is 0. The molecule has 0 bridgehead atoms. The zero-order valence-corrected chi connectivity index (χ0v) is 19.1. The van der Waals surface area contributed by atoms with Crippen molar-refractivity contribution in [3.05, 3.63) is 68.1 Å². The average Bonchev–Trinajstić information content (AvgIpc) is 3.37. The van der Waals surface area contributed by atoms with Crippen LogP contribution >= 0.6 is 23.2 Å². The minimum atomic E-state index is -0.549. The number of aromatic amines is 1. The van der Waals surface area contributed by atoms with E-state index in [2.05, 4.69) is 4.98 Å². The van der Waals surface area contributed by atoms with Crippen molar-refractivity contribution < 1.29 is 18.7 Å². The van der Waals surface area contributed by atoms with E-state index in [0.29, 0.717) is 58.8 Å². The third-order valence-corrected chi connectivity index (χ3v) is 6.74. The number of nitrogens with zero attached hydrogens (tertiary/aromatic N) is 2. The Hall–Kier alpha value is -2.97. The van der Waals surface area contributed by atoms with Gasteiger partial charge in [-0.15, -0.1) is 0 Å². The van der Waals surface area contributed by atoms with Crippen LogP contribution in [-0.4, -0.2) is 53.0 Å². The first kappa shape index (κ1) is 21.9. The summed E-state index contributed by atoms with van der Waals surface area (Å²) in [6.07, 6.45) is 0.417. The van der Waals surface area contributed by atoms with Gasteiger partial charge >= 0.3 is 11.8 Å². The number of piperidine rings is 1. The Morgan fingerprint density at radius 1 is 1.03 bits per heavy atom. The molecule has 1 aromatic heterocycles. The predicted molar refractivity (Wildman–Crippen MR) is 123 cm³/mol. The van der Waals surface area contributed by atoms with E-state index in [1.54, 1.807) is 41.3 Å². The first-order valence-corrected chi connectivity index (χ1v) is 11.4. The lowest BCUT2D eigenvalue weighted by Crippen LogP contribution is -2.43. The molecule has 3 aromatic rings. The summed E-state index contributed by atoms with van der Waals surface area (Å²) in [6, 6.07) is 9.99. The standard InChI is InChI=1S/C23H21Cl2N3O5/c24-17-5-13(6-18(25)8-17)12-32-23(31)27-4-3-15-9-28(11-16(15)10-27)21(29)14-1-2-19-20(7-14)33-22(30)26-19/h1-2,5-8,15-16H,3-4,9-12H2,(H,26,30)/t15-,16-/m0/s1. The minimum absolute atomic E-state index is 0.0894. The molecule has 2 aliphatic rings. The summed E-state index contributed by atoms with van der Waals surface area (Å²) >= 11 is 12.0. The number of halogens is 2. The van der Waals surface area contributed by atoms with Crippen molar-refractivity contribution in [1.29, 1.82) is 0 Å². The van der Waals surface area contributed by atoms with Crippen molar-refractivity contribution >= 4 is 46.3 Å². The summed E-state index contributed by atoms with van der Waals surface area (Å²) in [5.74, 6) is -0.141. The quantitative estimate of drug-likeness (QED) is 0.595. The van der Waals surface area contributed by atoms with E-state index in [9.17, 15) is 14.4 Å². The fourth-order valence-corrected chi connectivity index (χ4v) is 5.26. The van der Waals surface area contributed by atoms with E-state index in [4.69, 9.17) is 32.4 Å². The maximum atomic E-state index is 13.0. The van der Waals surface area contributed by atoms with E-state index >= 15 is 0 Å². The van der Waals surface area contributed by atoms with Crippen molar-refractivity contribution in [3.8, 4) is 0 Å². The summed E-state index contributed by atoms with van der Waals surface area (Å²) in [5.41, 5.74) is 2.11. The molecule has 10 heteroatoms. The van der Waals surface area contributed by atoms with Gasteiger partial charge in [-0.1, -0.05) is 23.2 Å². The molecule has 2 aromatic carbocycles. The van der Waals surface area contributed by atoms with Gasteiger partial charge in [0.05, 0.1) is 5.52 Å². The fraction of sp³-hybridized carbons (Fsp3) is 0.348. The monoisotopic (exact) mass is 489 g/mol. The fourth-order valence-electron chi connectivity index (χ4n) is 4.69. The molecular weight excluding hydrogens is 469 g/mol. The zero-order valence-electron chi connectivity index (χ0n) is 17.6. The van der Waals surface area contributed by atoms with Crippen LogP contribution in [-0.2, 0) is 11.3 Å². The summed E-state index contributed by atoms with van der Waals surface area (Å²) < 4.78 is 10.5. The number of amides is 2. The van der Waals surface area contributed by atoms with Crippen LogP contribution in [0.25, 0.3) is 11.1 Å². The second-order valence-corrected chi connectivity index (χ2v) is 9.40. The molecule has 0 saturated carbocycles. The van der Waals surface area contributed by atoms with E-state index in [-0.39, 0.29) is 24.5 Å². The molecule has 0 unspecified atom stereocenters. The average molecular weight is 490 g/mol. The van der Waals surface area contributed by atoms with Crippen LogP contribution in [0.1, 0.15) is 22.3 Å². The van der Waals surface area contributed by atoms with E-state index in [1.807, 2.05) is 4.90 Å². The number of aromatic nitrogens is 1. The lowest BCUT2D eigenvalue weighted by atomic mass is 9.89. The third-order valence-electron chi connectivity index (χ3n) is 6.30. The number of carbonyl (C=O) groups excluding carboxylic acids is 2. The van der Waals surface area contributed by atoms with Crippen LogP contribution in [0.2, 0.25) is 10.0 Å². The number of hydrogen-bond donors (Lipinski definition) is 1. The number of benzene rings is 2. The number of rotatable bonds is 3. The molecular formula is C23H21Cl2N3O5.